The highest BCUT2D eigenvalue weighted by molar-refractivity contribution is 7.08. The van der Waals surface area contributed by atoms with Crippen molar-refractivity contribution in [2.75, 3.05) is 11.9 Å². The summed E-state index contributed by atoms with van der Waals surface area (Å²) in [5.41, 5.74) is 0.628. The molecule has 21 heavy (non-hydrogen) atoms. The third kappa shape index (κ3) is 4.57. The van der Waals surface area contributed by atoms with Crippen LogP contribution in [0.3, 0.4) is 0 Å². The number of rotatable bonds is 6. The fourth-order valence-corrected chi connectivity index (χ4v) is 2.27. The van der Waals surface area contributed by atoms with Gasteiger partial charge >= 0.3 is 0 Å². The Labute approximate surface area is 125 Å². The topological polar surface area (TPSA) is 91.3 Å². The summed E-state index contributed by atoms with van der Waals surface area (Å²) in [6, 6.07) is 4.77. The molecule has 0 atom stereocenters. The van der Waals surface area contributed by atoms with Crippen molar-refractivity contribution in [3.63, 3.8) is 0 Å². The molecular formula is C14H15N3O3S. The van der Waals surface area contributed by atoms with Crippen molar-refractivity contribution in [3.05, 3.63) is 40.7 Å². The number of amides is 2. The lowest BCUT2D eigenvalue weighted by Crippen LogP contribution is -2.25. The van der Waals surface area contributed by atoms with Crippen LogP contribution in [0.1, 0.15) is 23.2 Å². The van der Waals surface area contributed by atoms with Gasteiger partial charge in [0.05, 0.1) is 0 Å². The maximum absolute atomic E-state index is 11.7. The van der Waals surface area contributed by atoms with E-state index < -0.39 is 0 Å². The molecule has 2 aromatic heterocycles. The monoisotopic (exact) mass is 305 g/mol. The number of hydrogen-bond donors (Lipinski definition) is 3. The van der Waals surface area contributed by atoms with E-state index in [9.17, 15) is 14.7 Å². The lowest BCUT2D eigenvalue weighted by molar-refractivity contribution is -0.116. The zero-order chi connectivity index (χ0) is 15.1. The molecule has 0 radical (unpaired) electrons. The van der Waals surface area contributed by atoms with Gasteiger partial charge in [0.25, 0.3) is 5.91 Å². The fraction of sp³-hybridized carbons (Fsp3) is 0.214. The number of anilines is 1. The largest absolute Gasteiger partial charge is 0.504 e. The molecule has 110 valence electrons. The van der Waals surface area contributed by atoms with Gasteiger partial charge in [-0.2, -0.15) is 11.3 Å². The van der Waals surface area contributed by atoms with Crippen LogP contribution in [0.4, 0.5) is 5.82 Å². The minimum Gasteiger partial charge on any atom is -0.504 e. The second-order valence-electron chi connectivity index (χ2n) is 4.29. The summed E-state index contributed by atoms with van der Waals surface area (Å²) < 4.78 is 0. The number of thiophene rings is 1. The molecule has 2 aromatic rings. The number of aromatic hydroxyl groups is 1. The predicted molar refractivity (Wildman–Crippen MR) is 80.4 cm³/mol. The van der Waals surface area contributed by atoms with Crippen LogP contribution >= 0.6 is 11.3 Å². The molecule has 0 saturated carbocycles. The van der Waals surface area contributed by atoms with E-state index in [1.54, 1.807) is 17.5 Å². The van der Waals surface area contributed by atoms with Gasteiger partial charge in [-0.05, 0) is 30.0 Å². The van der Waals surface area contributed by atoms with E-state index in [1.807, 2.05) is 5.38 Å². The molecule has 7 heteroatoms. The zero-order valence-electron chi connectivity index (χ0n) is 11.2. The maximum Gasteiger partial charge on any atom is 0.252 e. The summed E-state index contributed by atoms with van der Waals surface area (Å²) in [6.07, 6.45) is 2.23. The number of nitrogens with one attached hydrogen (secondary N) is 2. The van der Waals surface area contributed by atoms with Crippen LogP contribution in [-0.4, -0.2) is 28.4 Å². The Kier molecular flexibility index (Phi) is 5.28. The smallest absolute Gasteiger partial charge is 0.252 e. The Morgan fingerprint density at radius 3 is 2.90 bits per heavy atom. The third-order valence-electron chi connectivity index (χ3n) is 2.69. The molecule has 0 unspecified atom stereocenters. The van der Waals surface area contributed by atoms with Gasteiger partial charge in [0.15, 0.2) is 11.6 Å². The van der Waals surface area contributed by atoms with E-state index in [0.717, 1.165) is 0 Å². The highest BCUT2D eigenvalue weighted by Crippen LogP contribution is 2.18. The molecule has 0 spiro atoms. The first kappa shape index (κ1) is 15.0. The molecule has 2 rings (SSSR count). The first-order valence-corrected chi connectivity index (χ1v) is 7.35. The standard InChI is InChI=1S/C14H15N3O3S/c18-11-3-1-6-15-13(11)17-12(19)4-2-7-16-14(20)10-5-8-21-9-10/h1,3,5-6,8-9,18H,2,4,7H2,(H,16,20)(H,15,17,19). The fourth-order valence-electron chi connectivity index (χ4n) is 1.63. The van der Waals surface area contributed by atoms with Crippen LogP contribution in [0.5, 0.6) is 5.75 Å². The molecule has 0 fully saturated rings. The number of carbonyl (C=O) groups is 2. The van der Waals surface area contributed by atoms with Crippen molar-refractivity contribution in [2.45, 2.75) is 12.8 Å². The van der Waals surface area contributed by atoms with E-state index in [2.05, 4.69) is 15.6 Å². The van der Waals surface area contributed by atoms with E-state index in [0.29, 0.717) is 18.5 Å². The van der Waals surface area contributed by atoms with Crippen LogP contribution in [-0.2, 0) is 4.79 Å². The van der Waals surface area contributed by atoms with Crippen molar-refractivity contribution < 1.29 is 14.7 Å². The van der Waals surface area contributed by atoms with Crippen LogP contribution in [0.15, 0.2) is 35.2 Å². The quantitative estimate of drug-likeness (QED) is 0.712. The Hall–Kier alpha value is -2.41. The van der Waals surface area contributed by atoms with Gasteiger partial charge in [0, 0.05) is 30.1 Å². The van der Waals surface area contributed by atoms with Gasteiger partial charge in [-0.15, -0.1) is 0 Å². The number of carbonyl (C=O) groups excluding carboxylic acids is 2. The van der Waals surface area contributed by atoms with Gasteiger partial charge in [-0.1, -0.05) is 0 Å². The molecule has 0 saturated heterocycles. The molecule has 2 amide bonds. The van der Waals surface area contributed by atoms with Crippen molar-refractivity contribution in [2.24, 2.45) is 0 Å². The second-order valence-corrected chi connectivity index (χ2v) is 5.07. The Bertz CT molecular complexity index is 614. The normalized spacial score (nSPS) is 10.1. The molecule has 2 heterocycles. The molecule has 0 aliphatic rings. The average molecular weight is 305 g/mol. The van der Waals surface area contributed by atoms with Crippen LogP contribution in [0.2, 0.25) is 0 Å². The summed E-state index contributed by atoms with van der Waals surface area (Å²) in [7, 11) is 0. The summed E-state index contributed by atoms with van der Waals surface area (Å²) in [5, 5.41) is 18.3. The highest BCUT2D eigenvalue weighted by atomic mass is 32.1. The van der Waals surface area contributed by atoms with Crippen molar-refractivity contribution in [1.82, 2.24) is 10.3 Å². The molecule has 0 bridgehead atoms. The van der Waals surface area contributed by atoms with Crippen molar-refractivity contribution in [3.8, 4) is 5.75 Å². The highest BCUT2D eigenvalue weighted by Gasteiger charge is 2.08. The number of nitrogens with zero attached hydrogens (tertiary/aromatic N) is 1. The maximum atomic E-state index is 11.7. The van der Waals surface area contributed by atoms with E-state index >= 15 is 0 Å². The predicted octanol–water partition coefficient (Wildman–Crippen LogP) is 2.00. The SMILES string of the molecule is O=C(CCCNC(=O)c1ccsc1)Nc1ncccc1O. The van der Waals surface area contributed by atoms with Crippen LogP contribution in [0.25, 0.3) is 0 Å². The van der Waals surface area contributed by atoms with Crippen LogP contribution < -0.4 is 10.6 Å². The molecule has 0 aliphatic carbocycles. The Morgan fingerprint density at radius 2 is 2.19 bits per heavy atom. The first-order chi connectivity index (χ1) is 10.2. The lowest BCUT2D eigenvalue weighted by atomic mass is 10.2. The van der Waals surface area contributed by atoms with E-state index in [4.69, 9.17) is 0 Å². The van der Waals surface area contributed by atoms with Crippen molar-refractivity contribution in [1.29, 1.82) is 0 Å². The summed E-state index contributed by atoms with van der Waals surface area (Å²) in [4.78, 5) is 27.2. The summed E-state index contributed by atoms with van der Waals surface area (Å²) >= 11 is 1.46. The zero-order valence-corrected chi connectivity index (χ0v) is 12.0. The minimum atomic E-state index is -0.256. The van der Waals surface area contributed by atoms with Gasteiger partial charge in [0.2, 0.25) is 5.91 Å². The lowest BCUT2D eigenvalue weighted by Gasteiger charge is -2.06. The second kappa shape index (κ2) is 7.39. The first-order valence-electron chi connectivity index (χ1n) is 6.41. The third-order valence-corrected chi connectivity index (χ3v) is 3.38. The van der Waals surface area contributed by atoms with Crippen molar-refractivity contribution >= 4 is 29.0 Å². The van der Waals surface area contributed by atoms with Gasteiger partial charge < -0.3 is 15.7 Å². The Morgan fingerprint density at radius 1 is 1.33 bits per heavy atom. The van der Waals surface area contributed by atoms with Gasteiger partial charge in [0.1, 0.15) is 0 Å². The molecule has 0 aromatic carbocycles. The molecule has 6 nitrogen and oxygen atoms in total. The molecule has 0 aliphatic heterocycles. The summed E-state index contributed by atoms with van der Waals surface area (Å²) in [6.45, 7) is 0.413. The van der Waals surface area contributed by atoms with E-state index in [1.165, 1.54) is 23.6 Å². The number of pyridine rings is 1. The molecular weight excluding hydrogens is 290 g/mol. The number of aromatic nitrogens is 1. The Balaban J connectivity index is 1.68. The minimum absolute atomic E-state index is 0.0726. The van der Waals surface area contributed by atoms with Crippen LogP contribution in [0, 0.1) is 0 Å². The van der Waals surface area contributed by atoms with Gasteiger partial charge in [-0.3, -0.25) is 9.59 Å². The number of hydrogen-bond acceptors (Lipinski definition) is 5. The average Bonchev–Trinajstić information content (AvgIpc) is 3.00. The molecule has 3 N–H and O–H groups in total. The summed E-state index contributed by atoms with van der Waals surface area (Å²) in [5.74, 6) is -0.325. The van der Waals surface area contributed by atoms with E-state index in [-0.39, 0.29) is 29.8 Å². The van der Waals surface area contributed by atoms with Gasteiger partial charge in [-0.25, -0.2) is 4.98 Å².